The van der Waals surface area contributed by atoms with Crippen LogP contribution in [0, 0.1) is 6.92 Å². The summed E-state index contributed by atoms with van der Waals surface area (Å²) >= 11 is 0. The Balaban J connectivity index is 1.49. The normalized spacial score (nSPS) is 17.7. The fourth-order valence-corrected chi connectivity index (χ4v) is 4.64. The van der Waals surface area contributed by atoms with Gasteiger partial charge in [0, 0.05) is 38.3 Å². The van der Waals surface area contributed by atoms with Crippen LogP contribution in [-0.4, -0.2) is 61.7 Å². The van der Waals surface area contributed by atoms with E-state index < -0.39 is 10.0 Å². The second-order valence-electron chi connectivity index (χ2n) is 6.39. The molecule has 9 nitrogen and oxygen atoms in total. The van der Waals surface area contributed by atoms with Crippen LogP contribution in [0.5, 0.6) is 11.5 Å². The number of benzene rings is 1. The number of hydrogen-bond acceptors (Lipinski definition) is 7. The second kappa shape index (κ2) is 6.86. The third-order valence-electron chi connectivity index (χ3n) is 4.57. The van der Waals surface area contributed by atoms with Gasteiger partial charge < -0.3 is 18.9 Å². The molecule has 1 aromatic carbocycles. The maximum absolute atomic E-state index is 13.0. The van der Waals surface area contributed by atoms with Gasteiger partial charge in [-0.15, -0.1) is 0 Å². The van der Waals surface area contributed by atoms with Gasteiger partial charge in [-0.05, 0) is 25.5 Å². The number of aromatic nitrogens is 1. The fourth-order valence-electron chi connectivity index (χ4n) is 3.15. The summed E-state index contributed by atoms with van der Waals surface area (Å²) in [5.41, 5.74) is 0.236. The number of nitrogens with zero attached hydrogens (tertiary/aromatic N) is 3. The number of ether oxygens (including phenoxy) is 2. The molecule has 1 amide bonds. The molecule has 0 spiro atoms. The number of rotatable bonds is 3. The van der Waals surface area contributed by atoms with Crippen LogP contribution >= 0.6 is 0 Å². The summed E-state index contributed by atoms with van der Waals surface area (Å²) in [4.78, 5) is 14.3. The van der Waals surface area contributed by atoms with Crippen molar-refractivity contribution in [1.29, 1.82) is 0 Å². The van der Waals surface area contributed by atoms with Crippen LogP contribution < -0.4 is 9.47 Å². The highest BCUT2D eigenvalue weighted by Gasteiger charge is 2.30. The summed E-state index contributed by atoms with van der Waals surface area (Å²) in [6, 6.07) is 6.16. The van der Waals surface area contributed by atoms with Gasteiger partial charge in [-0.3, -0.25) is 4.79 Å². The molecule has 1 aromatic heterocycles. The summed E-state index contributed by atoms with van der Waals surface area (Å²) in [7, 11) is -3.69. The third kappa shape index (κ3) is 3.37. The van der Waals surface area contributed by atoms with E-state index in [1.165, 1.54) is 16.4 Å². The predicted octanol–water partition coefficient (Wildman–Crippen LogP) is 1.25. The molecule has 2 aromatic rings. The summed E-state index contributed by atoms with van der Waals surface area (Å²) < 4.78 is 42.8. The lowest BCUT2D eigenvalue weighted by Crippen LogP contribution is -2.37. The molecule has 1 saturated heterocycles. The van der Waals surface area contributed by atoms with Crippen LogP contribution in [0.15, 0.2) is 33.7 Å². The molecular weight excluding hydrogens is 374 g/mol. The van der Waals surface area contributed by atoms with E-state index in [0.29, 0.717) is 36.8 Å². The first-order valence-electron chi connectivity index (χ1n) is 8.57. The average Bonchev–Trinajstić information content (AvgIpc) is 3.22. The van der Waals surface area contributed by atoms with Crippen LogP contribution in [0.25, 0.3) is 0 Å². The van der Waals surface area contributed by atoms with Crippen molar-refractivity contribution >= 4 is 15.9 Å². The lowest BCUT2D eigenvalue weighted by molar-refractivity contribution is 0.0754. The molecule has 3 heterocycles. The molecule has 0 atom stereocenters. The molecule has 2 aliphatic heterocycles. The maximum atomic E-state index is 13.0. The Hall–Kier alpha value is -2.59. The smallest absolute Gasteiger partial charge is 0.276 e. The summed E-state index contributed by atoms with van der Waals surface area (Å²) in [5.74, 6) is 1.25. The van der Waals surface area contributed by atoms with Crippen molar-refractivity contribution in [1.82, 2.24) is 14.4 Å². The van der Waals surface area contributed by atoms with Crippen molar-refractivity contribution in [3.05, 3.63) is 35.7 Å². The largest absolute Gasteiger partial charge is 0.454 e. The summed E-state index contributed by atoms with van der Waals surface area (Å²) in [5, 5.41) is 3.75. The van der Waals surface area contributed by atoms with Gasteiger partial charge in [0.2, 0.25) is 16.8 Å². The van der Waals surface area contributed by atoms with Crippen molar-refractivity contribution in [3.63, 3.8) is 0 Å². The van der Waals surface area contributed by atoms with Gasteiger partial charge in [0.25, 0.3) is 5.91 Å². The Morgan fingerprint density at radius 3 is 2.67 bits per heavy atom. The number of sulfonamides is 1. The van der Waals surface area contributed by atoms with Crippen molar-refractivity contribution in [2.24, 2.45) is 0 Å². The molecule has 0 saturated carbocycles. The topological polar surface area (TPSA) is 102 Å². The van der Waals surface area contributed by atoms with E-state index in [1.807, 2.05) is 0 Å². The van der Waals surface area contributed by atoms with E-state index >= 15 is 0 Å². The molecular formula is C17H19N3O6S. The third-order valence-corrected chi connectivity index (χ3v) is 6.47. The minimum absolute atomic E-state index is 0.0845. The highest BCUT2D eigenvalue weighted by atomic mass is 32.2. The van der Waals surface area contributed by atoms with Crippen molar-refractivity contribution in [2.45, 2.75) is 18.2 Å². The van der Waals surface area contributed by atoms with Crippen LogP contribution in [0.1, 0.15) is 22.7 Å². The quantitative estimate of drug-likeness (QED) is 0.773. The summed E-state index contributed by atoms with van der Waals surface area (Å²) in [6.07, 6.45) is 0.534. The lowest BCUT2D eigenvalue weighted by atomic mass is 10.3. The standard InChI is InChI=1S/C17H19N3O6S/c1-12-9-14(18-26-12)17(21)19-5-2-6-20(8-7-19)27(22,23)13-3-4-15-16(10-13)25-11-24-15/h3-4,9-10H,2,5-8,11H2,1H3. The van der Waals surface area contributed by atoms with Crippen LogP contribution in [0.2, 0.25) is 0 Å². The molecule has 0 radical (unpaired) electrons. The first-order chi connectivity index (χ1) is 12.9. The Kier molecular flexibility index (Phi) is 4.52. The maximum Gasteiger partial charge on any atom is 0.276 e. The van der Waals surface area contributed by atoms with E-state index in [-0.39, 0.29) is 36.4 Å². The number of amides is 1. The first-order valence-corrected chi connectivity index (χ1v) is 10.0. The highest BCUT2D eigenvalue weighted by molar-refractivity contribution is 7.89. The minimum Gasteiger partial charge on any atom is -0.454 e. The van der Waals surface area contributed by atoms with Gasteiger partial charge in [0.05, 0.1) is 4.90 Å². The van der Waals surface area contributed by atoms with Gasteiger partial charge in [-0.25, -0.2) is 8.42 Å². The molecule has 2 aliphatic rings. The molecule has 144 valence electrons. The van der Waals surface area contributed by atoms with Gasteiger partial charge >= 0.3 is 0 Å². The molecule has 1 fully saturated rings. The highest BCUT2D eigenvalue weighted by Crippen LogP contribution is 2.34. The Labute approximate surface area is 156 Å². The van der Waals surface area contributed by atoms with E-state index in [4.69, 9.17) is 14.0 Å². The minimum atomic E-state index is -3.69. The zero-order valence-corrected chi connectivity index (χ0v) is 15.6. The van der Waals surface area contributed by atoms with Crippen LogP contribution in [-0.2, 0) is 10.0 Å². The number of hydrogen-bond donors (Lipinski definition) is 0. The number of fused-ring (bicyclic) bond motifs is 1. The molecule has 27 heavy (non-hydrogen) atoms. The molecule has 0 unspecified atom stereocenters. The predicted molar refractivity (Wildman–Crippen MR) is 93.1 cm³/mol. The van der Waals surface area contributed by atoms with Gasteiger partial charge in [0.15, 0.2) is 17.2 Å². The second-order valence-corrected chi connectivity index (χ2v) is 8.33. The molecule has 10 heteroatoms. The van der Waals surface area contributed by atoms with Crippen LogP contribution in [0.4, 0.5) is 0 Å². The molecule has 0 bridgehead atoms. The monoisotopic (exact) mass is 393 g/mol. The van der Waals surface area contributed by atoms with Crippen molar-refractivity contribution in [2.75, 3.05) is 33.0 Å². The Morgan fingerprint density at radius 2 is 1.89 bits per heavy atom. The average molecular weight is 393 g/mol. The van der Waals surface area contributed by atoms with E-state index in [2.05, 4.69) is 5.16 Å². The summed E-state index contributed by atoms with van der Waals surface area (Å²) in [6.45, 7) is 3.08. The number of aryl methyl sites for hydroxylation is 1. The lowest BCUT2D eigenvalue weighted by Gasteiger charge is -2.21. The first kappa shape index (κ1) is 17.8. The van der Waals surface area contributed by atoms with Gasteiger partial charge in [0.1, 0.15) is 5.76 Å². The number of carbonyl (C=O) groups excluding carboxylic acids is 1. The van der Waals surface area contributed by atoms with Gasteiger partial charge in [-0.2, -0.15) is 4.31 Å². The van der Waals surface area contributed by atoms with Crippen LogP contribution in [0.3, 0.4) is 0 Å². The van der Waals surface area contributed by atoms with E-state index in [1.54, 1.807) is 24.0 Å². The zero-order valence-electron chi connectivity index (χ0n) is 14.8. The fraction of sp³-hybridized carbons (Fsp3) is 0.412. The molecule has 4 rings (SSSR count). The van der Waals surface area contributed by atoms with Gasteiger partial charge in [-0.1, -0.05) is 5.16 Å². The number of carbonyl (C=O) groups is 1. The SMILES string of the molecule is Cc1cc(C(=O)N2CCCN(S(=O)(=O)c3ccc4c(c3)OCO4)CC2)no1. The zero-order chi connectivity index (χ0) is 19.0. The van der Waals surface area contributed by atoms with E-state index in [9.17, 15) is 13.2 Å². The Bertz CT molecular complexity index is 971. The van der Waals surface area contributed by atoms with Crippen molar-refractivity contribution < 1.29 is 27.2 Å². The van der Waals surface area contributed by atoms with Crippen molar-refractivity contribution in [3.8, 4) is 11.5 Å². The molecule has 0 N–H and O–H groups in total. The van der Waals surface area contributed by atoms with E-state index in [0.717, 1.165) is 0 Å². The molecule has 0 aliphatic carbocycles. The Morgan fingerprint density at radius 1 is 1.07 bits per heavy atom.